The Morgan fingerprint density at radius 1 is 1.33 bits per heavy atom. The van der Waals surface area contributed by atoms with Crippen LogP contribution in [0.15, 0.2) is 42.5 Å². The fraction of sp³-hybridized carbons (Fsp3) is 0.286. The molecule has 0 aliphatic carbocycles. The monoisotopic (exact) mass is 365 g/mol. The van der Waals surface area contributed by atoms with Gasteiger partial charge in [0.15, 0.2) is 0 Å². The molecule has 2 aromatic rings. The summed E-state index contributed by atoms with van der Waals surface area (Å²) >= 11 is 0. The Hall–Kier alpha value is -3.20. The zero-order valence-electron chi connectivity index (χ0n) is 15.3. The molecule has 5 nitrogen and oxygen atoms in total. The first-order valence-corrected chi connectivity index (χ1v) is 8.69. The highest BCUT2D eigenvalue weighted by atomic mass is 19.1. The number of carbonyl (C=O) groups excluding carboxylic acids is 2. The molecule has 138 valence electrons. The topological polar surface area (TPSA) is 64.4 Å². The highest BCUT2D eigenvalue weighted by molar-refractivity contribution is 6.00. The van der Waals surface area contributed by atoms with E-state index < -0.39 is 11.7 Å². The van der Waals surface area contributed by atoms with Gasteiger partial charge in [-0.25, -0.2) is 4.39 Å². The number of anilines is 1. The number of rotatable bonds is 4. The number of nitrogens with zero attached hydrogens (tertiary/aromatic N) is 3. The van der Waals surface area contributed by atoms with Crippen molar-refractivity contribution in [1.82, 2.24) is 4.90 Å². The fourth-order valence-electron chi connectivity index (χ4n) is 3.34. The maximum Gasteiger partial charge on any atom is 0.228 e. The normalized spacial score (nSPS) is 16.3. The lowest BCUT2D eigenvalue weighted by molar-refractivity contribution is -0.135. The van der Waals surface area contributed by atoms with Crippen molar-refractivity contribution >= 4 is 17.5 Å². The number of halogens is 1. The van der Waals surface area contributed by atoms with Crippen LogP contribution in [0.5, 0.6) is 0 Å². The van der Waals surface area contributed by atoms with E-state index in [2.05, 4.69) is 6.07 Å². The molecule has 6 heteroatoms. The van der Waals surface area contributed by atoms with Crippen LogP contribution in [0.25, 0.3) is 0 Å². The minimum Gasteiger partial charge on any atom is -0.341 e. The standard InChI is InChI=1S/C21H20FN3O2/c1-14-6-7-19(18(22)8-14)25-13-17(10-20(25)26)21(27)24(2)12-16-5-3-4-15(9-16)11-23/h3-9,17H,10,12-13H2,1-2H3. The lowest BCUT2D eigenvalue weighted by atomic mass is 10.1. The molecule has 1 heterocycles. The highest BCUT2D eigenvalue weighted by Gasteiger charge is 2.37. The Morgan fingerprint density at radius 2 is 2.11 bits per heavy atom. The minimum absolute atomic E-state index is 0.0642. The van der Waals surface area contributed by atoms with E-state index in [1.54, 1.807) is 49.2 Å². The maximum atomic E-state index is 14.2. The third-order valence-electron chi connectivity index (χ3n) is 4.72. The Kier molecular flexibility index (Phi) is 5.22. The van der Waals surface area contributed by atoms with Crippen molar-refractivity contribution in [3.63, 3.8) is 0 Å². The molecule has 1 fully saturated rings. The number of hydrogen-bond donors (Lipinski definition) is 0. The predicted octanol–water partition coefficient (Wildman–Crippen LogP) is 3.02. The van der Waals surface area contributed by atoms with Crippen LogP contribution < -0.4 is 4.90 Å². The average Bonchev–Trinajstić information content (AvgIpc) is 3.02. The van der Waals surface area contributed by atoms with Gasteiger partial charge in [0.1, 0.15) is 5.82 Å². The lowest BCUT2D eigenvalue weighted by Crippen LogP contribution is -2.34. The van der Waals surface area contributed by atoms with Crippen molar-refractivity contribution in [2.75, 3.05) is 18.5 Å². The van der Waals surface area contributed by atoms with Crippen molar-refractivity contribution in [2.24, 2.45) is 5.92 Å². The van der Waals surface area contributed by atoms with Gasteiger partial charge in [-0.1, -0.05) is 18.2 Å². The van der Waals surface area contributed by atoms with E-state index in [0.717, 1.165) is 11.1 Å². The van der Waals surface area contributed by atoms with Crippen LogP contribution in [0, 0.1) is 30.0 Å². The molecule has 0 saturated carbocycles. The molecule has 27 heavy (non-hydrogen) atoms. The summed E-state index contributed by atoms with van der Waals surface area (Å²) in [7, 11) is 1.67. The van der Waals surface area contributed by atoms with E-state index >= 15 is 0 Å². The summed E-state index contributed by atoms with van der Waals surface area (Å²) in [6.45, 7) is 2.29. The summed E-state index contributed by atoms with van der Waals surface area (Å²) in [6, 6.07) is 13.8. The van der Waals surface area contributed by atoms with Crippen LogP contribution in [-0.2, 0) is 16.1 Å². The first-order chi connectivity index (χ1) is 12.9. The quantitative estimate of drug-likeness (QED) is 0.837. The van der Waals surface area contributed by atoms with Gasteiger partial charge in [0, 0.05) is 26.6 Å². The second-order valence-corrected chi connectivity index (χ2v) is 6.87. The molecule has 0 N–H and O–H groups in total. The molecular weight excluding hydrogens is 345 g/mol. The molecule has 1 aliphatic rings. The molecule has 2 amide bonds. The molecule has 0 radical (unpaired) electrons. The van der Waals surface area contributed by atoms with Crippen LogP contribution in [0.4, 0.5) is 10.1 Å². The van der Waals surface area contributed by atoms with Gasteiger partial charge >= 0.3 is 0 Å². The van der Waals surface area contributed by atoms with Crippen LogP contribution in [-0.4, -0.2) is 30.3 Å². The van der Waals surface area contributed by atoms with E-state index in [1.807, 2.05) is 6.07 Å². The van der Waals surface area contributed by atoms with E-state index in [0.29, 0.717) is 12.1 Å². The second kappa shape index (κ2) is 7.58. The van der Waals surface area contributed by atoms with E-state index in [9.17, 15) is 14.0 Å². The summed E-state index contributed by atoms with van der Waals surface area (Å²) < 4.78 is 14.2. The molecule has 0 bridgehead atoms. The van der Waals surface area contributed by atoms with Gasteiger partial charge in [-0.2, -0.15) is 5.26 Å². The third-order valence-corrected chi connectivity index (χ3v) is 4.72. The Bertz CT molecular complexity index is 935. The second-order valence-electron chi connectivity index (χ2n) is 6.87. The lowest BCUT2D eigenvalue weighted by Gasteiger charge is -2.22. The predicted molar refractivity (Wildman–Crippen MR) is 99.2 cm³/mol. The van der Waals surface area contributed by atoms with Gasteiger partial charge in [-0.3, -0.25) is 9.59 Å². The van der Waals surface area contributed by atoms with Crippen molar-refractivity contribution < 1.29 is 14.0 Å². The Labute approximate surface area is 157 Å². The SMILES string of the molecule is Cc1ccc(N2CC(C(=O)N(C)Cc3cccc(C#N)c3)CC2=O)c(F)c1. The first kappa shape index (κ1) is 18.6. The fourth-order valence-corrected chi connectivity index (χ4v) is 3.34. The zero-order valence-corrected chi connectivity index (χ0v) is 15.3. The third kappa shape index (κ3) is 3.98. The number of nitriles is 1. The van der Waals surface area contributed by atoms with Gasteiger partial charge in [-0.15, -0.1) is 0 Å². The molecular formula is C21H20FN3O2. The van der Waals surface area contributed by atoms with Gasteiger partial charge in [-0.05, 0) is 42.3 Å². The van der Waals surface area contributed by atoms with Crippen LogP contribution in [0.2, 0.25) is 0 Å². The van der Waals surface area contributed by atoms with Crippen LogP contribution in [0.3, 0.4) is 0 Å². The summed E-state index contributed by atoms with van der Waals surface area (Å²) in [6.07, 6.45) is 0.0642. The van der Waals surface area contributed by atoms with Crippen molar-refractivity contribution in [2.45, 2.75) is 19.9 Å². The highest BCUT2D eigenvalue weighted by Crippen LogP contribution is 2.29. The molecule has 0 spiro atoms. The van der Waals surface area contributed by atoms with Crippen molar-refractivity contribution in [3.8, 4) is 6.07 Å². The molecule has 1 saturated heterocycles. The van der Waals surface area contributed by atoms with Gasteiger partial charge < -0.3 is 9.80 Å². The molecule has 2 aromatic carbocycles. The van der Waals surface area contributed by atoms with Crippen molar-refractivity contribution in [3.05, 3.63) is 65.0 Å². The first-order valence-electron chi connectivity index (χ1n) is 8.69. The van der Waals surface area contributed by atoms with E-state index in [4.69, 9.17) is 5.26 Å². The smallest absolute Gasteiger partial charge is 0.228 e. The summed E-state index contributed by atoms with van der Waals surface area (Å²) in [5.74, 6) is -1.39. The summed E-state index contributed by atoms with van der Waals surface area (Å²) in [4.78, 5) is 28.0. The van der Waals surface area contributed by atoms with Gasteiger partial charge in [0.25, 0.3) is 0 Å². The molecule has 1 unspecified atom stereocenters. The number of benzene rings is 2. The maximum absolute atomic E-state index is 14.2. The molecule has 1 atom stereocenters. The van der Waals surface area contributed by atoms with Crippen molar-refractivity contribution in [1.29, 1.82) is 5.26 Å². The largest absolute Gasteiger partial charge is 0.341 e. The number of carbonyl (C=O) groups is 2. The molecule has 3 rings (SSSR count). The number of aryl methyl sites for hydroxylation is 1. The van der Waals surface area contributed by atoms with E-state index in [1.165, 1.54) is 11.0 Å². The van der Waals surface area contributed by atoms with E-state index in [-0.39, 0.29) is 30.5 Å². The minimum atomic E-state index is -0.512. The average molecular weight is 365 g/mol. The zero-order chi connectivity index (χ0) is 19.6. The van der Waals surface area contributed by atoms with Crippen LogP contribution >= 0.6 is 0 Å². The number of hydrogen-bond acceptors (Lipinski definition) is 3. The number of amides is 2. The van der Waals surface area contributed by atoms with Crippen LogP contribution in [0.1, 0.15) is 23.1 Å². The van der Waals surface area contributed by atoms with Gasteiger partial charge in [0.2, 0.25) is 11.8 Å². The molecule has 0 aromatic heterocycles. The summed E-state index contributed by atoms with van der Waals surface area (Å²) in [5, 5.41) is 8.98. The van der Waals surface area contributed by atoms with Gasteiger partial charge in [0.05, 0.1) is 23.2 Å². The molecule has 1 aliphatic heterocycles. The Morgan fingerprint density at radius 3 is 2.81 bits per heavy atom. The Balaban J connectivity index is 1.70. The summed E-state index contributed by atoms with van der Waals surface area (Å²) in [5.41, 5.74) is 2.36.